The summed E-state index contributed by atoms with van der Waals surface area (Å²) in [4.78, 5) is 13.7. The summed E-state index contributed by atoms with van der Waals surface area (Å²) < 4.78 is 12.0. The largest absolute Gasteiger partial charge is 0.478 e. The van der Waals surface area contributed by atoms with E-state index in [1.807, 2.05) is 31.3 Å². The monoisotopic (exact) mass is 381 g/mol. The summed E-state index contributed by atoms with van der Waals surface area (Å²) in [6.45, 7) is 6.83. The fraction of sp³-hybridized carbons (Fsp3) is 0.333. The molecule has 1 saturated heterocycles. The van der Waals surface area contributed by atoms with Crippen LogP contribution in [0.3, 0.4) is 0 Å². The van der Waals surface area contributed by atoms with Crippen LogP contribution in [0.2, 0.25) is 0 Å². The summed E-state index contributed by atoms with van der Waals surface area (Å²) in [5.74, 6) is 0.390. The molecule has 4 rings (SSSR count). The number of carboxylic acids is 1. The molecule has 3 heterocycles. The van der Waals surface area contributed by atoms with E-state index in [1.165, 1.54) is 0 Å². The van der Waals surface area contributed by atoms with Crippen LogP contribution in [0.4, 0.5) is 0 Å². The predicted octanol–water partition coefficient (Wildman–Crippen LogP) is 3.42. The molecule has 3 aromatic rings. The van der Waals surface area contributed by atoms with Crippen LogP contribution in [-0.2, 0) is 16.9 Å². The van der Waals surface area contributed by atoms with Gasteiger partial charge < -0.3 is 14.3 Å². The molecule has 7 nitrogen and oxygen atoms in total. The van der Waals surface area contributed by atoms with Gasteiger partial charge in [0.2, 0.25) is 0 Å². The minimum Gasteiger partial charge on any atom is -0.478 e. The van der Waals surface area contributed by atoms with Crippen molar-refractivity contribution in [1.29, 1.82) is 0 Å². The number of nitrogens with one attached hydrogen (secondary N) is 1. The number of hydrogen-bond donors (Lipinski definition) is 2. The average molecular weight is 381 g/mol. The summed E-state index contributed by atoms with van der Waals surface area (Å²) in [5, 5.41) is 16.6. The maximum atomic E-state index is 11.5. The number of carbonyl (C=O) groups is 1. The number of aryl methyl sites for hydroxylation is 1. The molecule has 1 aliphatic heterocycles. The number of aromatic amines is 1. The SMILES string of the molecule is Cc1cn[nH]c1[C@]1(C)CN(Cc2ccc(-c3ccccc3C(=O)O)o2)CCO1. The number of nitrogens with zero attached hydrogens (tertiary/aromatic N) is 2. The van der Waals surface area contributed by atoms with Crippen LogP contribution in [0, 0.1) is 6.92 Å². The van der Waals surface area contributed by atoms with E-state index >= 15 is 0 Å². The Hall–Kier alpha value is -2.90. The highest BCUT2D eigenvalue weighted by atomic mass is 16.5. The molecule has 1 aliphatic rings. The zero-order valence-corrected chi connectivity index (χ0v) is 15.9. The third-order valence-corrected chi connectivity index (χ3v) is 5.18. The number of benzene rings is 1. The average Bonchev–Trinajstić information content (AvgIpc) is 3.31. The van der Waals surface area contributed by atoms with E-state index in [-0.39, 0.29) is 5.56 Å². The van der Waals surface area contributed by atoms with E-state index in [1.54, 1.807) is 18.2 Å². The number of carboxylic acid groups (broad SMARTS) is 1. The predicted molar refractivity (Wildman–Crippen MR) is 103 cm³/mol. The van der Waals surface area contributed by atoms with Crippen LogP contribution >= 0.6 is 0 Å². The van der Waals surface area contributed by atoms with Crippen molar-refractivity contribution in [3.63, 3.8) is 0 Å². The molecule has 0 amide bonds. The highest BCUT2D eigenvalue weighted by Crippen LogP contribution is 2.31. The van der Waals surface area contributed by atoms with E-state index in [2.05, 4.69) is 22.0 Å². The Bertz CT molecular complexity index is 993. The molecule has 0 bridgehead atoms. The Balaban J connectivity index is 1.52. The molecule has 1 fully saturated rings. The summed E-state index contributed by atoms with van der Waals surface area (Å²) in [7, 11) is 0. The third-order valence-electron chi connectivity index (χ3n) is 5.18. The van der Waals surface area contributed by atoms with Crippen molar-refractivity contribution >= 4 is 5.97 Å². The normalized spacial score (nSPS) is 20.4. The van der Waals surface area contributed by atoms with Gasteiger partial charge in [-0.2, -0.15) is 5.10 Å². The summed E-state index contributed by atoms with van der Waals surface area (Å²) in [5.41, 5.74) is 2.44. The standard InChI is InChI=1S/C21H23N3O4/c1-14-11-22-23-19(14)21(2)13-24(9-10-27-21)12-15-7-8-18(28-15)16-5-3-4-6-17(16)20(25)26/h3-8,11H,9-10,12-13H2,1-2H3,(H,22,23)(H,25,26)/t21-/m0/s1. The van der Waals surface area contributed by atoms with Crippen molar-refractivity contribution in [2.45, 2.75) is 26.0 Å². The van der Waals surface area contributed by atoms with Gasteiger partial charge in [-0.3, -0.25) is 10.00 Å². The van der Waals surface area contributed by atoms with Gasteiger partial charge in [0.1, 0.15) is 17.1 Å². The van der Waals surface area contributed by atoms with E-state index in [9.17, 15) is 9.90 Å². The molecular formula is C21H23N3O4. The second-order valence-electron chi connectivity index (χ2n) is 7.33. The van der Waals surface area contributed by atoms with Crippen molar-refractivity contribution in [3.05, 3.63) is 65.2 Å². The van der Waals surface area contributed by atoms with Gasteiger partial charge in [0.15, 0.2) is 0 Å². The Morgan fingerprint density at radius 2 is 2.14 bits per heavy atom. The Labute approximate surface area is 162 Å². The van der Waals surface area contributed by atoms with Crippen molar-refractivity contribution in [1.82, 2.24) is 15.1 Å². The topological polar surface area (TPSA) is 91.6 Å². The smallest absolute Gasteiger partial charge is 0.336 e. The van der Waals surface area contributed by atoms with Crippen molar-refractivity contribution < 1.29 is 19.1 Å². The van der Waals surface area contributed by atoms with Gasteiger partial charge in [-0.05, 0) is 37.6 Å². The molecule has 2 N–H and O–H groups in total. The minimum atomic E-state index is -0.965. The number of H-pyrrole nitrogens is 1. The van der Waals surface area contributed by atoms with Gasteiger partial charge in [0, 0.05) is 18.7 Å². The minimum absolute atomic E-state index is 0.233. The molecule has 0 aliphatic carbocycles. The molecule has 0 saturated carbocycles. The molecule has 0 unspecified atom stereocenters. The second-order valence-corrected chi connectivity index (χ2v) is 7.33. The van der Waals surface area contributed by atoms with Crippen LogP contribution in [0.15, 0.2) is 47.0 Å². The second kappa shape index (κ2) is 7.26. The number of aromatic nitrogens is 2. The van der Waals surface area contributed by atoms with Crippen molar-refractivity contribution in [3.8, 4) is 11.3 Å². The molecule has 0 spiro atoms. The first kappa shape index (κ1) is 18.5. The maximum Gasteiger partial charge on any atom is 0.336 e. The first-order valence-corrected chi connectivity index (χ1v) is 9.24. The highest BCUT2D eigenvalue weighted by molar-refractivity contribution is 5.95. The lowest BCUT2D eigenvalue weighted by Crippen LogP contribution is -2.48. The van der Waals surface area contributed by atoms with Crippen LogP contribution in [0.5, 0.6) is 0 Å². The molecule has 7 heteroatoms. The van der Waals surface area contributed by atoms with Crippen molar-refractivity contribution in [2.24, 2.45) is 0 Å². The molecule has 28 heavy (non-hydrogen) atoms. The number of furan rings is 1. The van der Waals surface area contributed by atoms with E-state index in [0.29, 0.717) is 31.0 Å². The Morgan fingerprint density at radius 1 is 1.32 bits per heavy atom. The Kier molecular flexibility index (Phi) is 4.78. The van der Waals surface area contributed by atoms with Gasteiger partial charge in [0.05, 0.1) is 30.6 Å². The van der Waals surface area contributed by atoms with Gasteiger partial charge >= 0.3 is 5.97 Å². The Morgan fingerprint density at radius 3 is 2.89 bits per heavy atom. The highest BCUT2D eigenvalue weighted by Gasteiger charge is 2.36. The van der Waals surface area contributed by atoms with Crippen molar-refractivity contribution in [2.75, 3.05) is 19.7 Å². The molecule has 1 aromatic carbocycles. The fourth-order valence-electron chi connectivity index (χ4n) is 3.83. The lowest BCUT2D eigenvalue weighted by molar-refractivity contribution is -0.109. The quantitative estimate of drug-likeness (QED) is 0.704. The first-order chi connectivity index (χ1) is 13.5. The van der Waals surface area contributed by atoms with Gasteiger partial charge in [0.25, 0.3) is 0 Å². The number of rotatable bonds is 5. The molecule has 146 valence electrons. The van der Waals surface area contributed by atoms with Crippen LogP contribution in [0.1, 0.15) is 34.3 Å². The van der Waals surface area contributed by atoms with E-state index in [0.717, 1.165) is 23.6 Å². The molecule has 1 atom stereocenters. The summed E-state index contributed by atoms with van der Waals surface area (Å²) in [6.07, 6.45) is 1.81. The number of aromatic carboxylic acids is 1. The number of ether oxygens (including phenoxy) is 1. The number of hydrogen-bond acceptors (Lipinski definition) is 5. The zero-order valence-electron chi connectivity index (χ0n) is 15.9. The van der Waals surface area contributed by atoms with Gasteiger partial charge in [-0.15, -0.1) is 0 Å². The molecule has 0 radical (unpaired) electrons. The van der Waals surface area contributed by atoms with Crippen LogP contribution in [0.25, 0.3) is 11.3 Å². The van der Waals surface area contributed by atoms with E-state index in [4.69, 9.17) is 9.15 Å². The van der Waals surface area contributed by atoms with Gasteiger partial charge in [-0.25, -0.2) is 4.79 Å². The molecular weight excluding hydrogens is 358 g/mol. The third kappa shape index (κ3) is 3.46. The van der Waals surface area contributed by atoms with Crippen LogP contribution < -0.4 is 0 Å². The number of morpholine rings is 1. The lowest BCUT2D eigenvalue weighted by Gasteiger charge is -2.39. The fourth-order valence-corrected chi connectivity index (χ4v) is 3.83. The molecule has 2 aromatic heterocycles. The lowest BCUT2D eigenvalue weighted by atomic mass is 9.97. The first-order valence-electron chi connectivity index (χ1n) is 9.24. The van der Waals surface area contributed by atoms with E-state index < -0.39 is 11.6 Å². The van der Waals surface area contributed by atoms with Crippen LogP contribution in [-0.4, -0.2) is 45.9 Å². The summed E-state index contributed by atoms with van der Waals surface area (Å²) in [6, 6.07) is 10.6. The summed E-state index contributed by atoms with van der Waals surface area (Å²) >= 11 is 0. The zero-order chi connectivity index (χ0) is 19.7. The maximum absolute atomic E-state index is 11.5. The van der Waals surface area contributed by atoms with Gasteiger partial charge in [-0.1, -0.05) is 18.2 Å².